The number of hydrogen-bond donors (Lipinski definition) is 2. The molecule has 27 heavy (non-hydrogen) atoms. The van der Waals surface area contributed by atoms with E-state index in [1.54, 1.807) is 24.3 Å². The summed E-state index contributed by atoms with van der Waals surface area (Å²) in [5.41, 5.74) is 0.423. The maximum atomic E-state index is 12.6. The number of aromatic nitrogens is 2. The Morgan fingerprint density at radius 2 is 2.04 bits per heavy atom. The van der Waals surface area contributed by atoms with Crippen LogP contribution in [-0.2, 0) is 22.3 Å². The molecule has 1 atom stereocenters. The lowest BCUT2D eigenvalue weighted by Gasteiger charge is -2.23. The number of nitrogens with zero attached hydrogens (tertiary/aromatic N) is 2. The second-order valence-electron chi connectivity index (χ2n) is 6.02. The molecule has 1 saturated heterocycles. The first-order valence-corrected chi connectivity index (χ1v) is 8.22. The quantitative estimate of drug-likeness (QED) is 0.802. The van der Waals surface area contributed by atoms with Crippen molar-refractivity contribution in [3.63, 3.8) is 0 Å². The summed E-state index contributed by atoms with van der Waals surface area (Å²) in [5, 5.41) is 9.56. The van der Waals surface area contributed by atoms with Crippen molar-refractivity contribution in [2.24, 2.45) is 0 Å². The van der Waals surface area contributed by atoms with Gasteiger partial charge in [-0.05, 0) is 23.8 Å². The largest absolute Gasteiger partial charge is 0.435 e. The zero-order chi connectivity index (χ0) is 18.6. The lowest BCUT2D eigenvalue weighted by atomic mass is 10.1. The minimum atomic E-state index is -4.46. The van der Waals surface area contributed by atoms with Crippen molar-refractivity contribution in [1.29, 1.82) is 0 Å². The molecular formula is C17H20ClF3N4O2. The van der Waals surface area contributed by atoms with E-state index >= 15 is 0 Å². The number of benzene rings is 1. The number of alkyl halides is 3. The Morgan fingerprint density at radius 3 is 2.63 bits per heavy atom. The molecule has 0 radical (unpaired) electrons. The first kappa shape index (κ1) is 21.2. The van der Waals surface area contributed by atoms with Crippen LogP contribution in [-0.4, -0.2) is 41.5 Å². The first-order valence-electron chi connectivity index (χ1n) is 8.22. The van der Waals surface area contributed by atoms with Gasteiger partial charge in [-0.15, -0.1) is 12.4 Å². The topological polar surface area (TPSA) is 68.2 Å². The van der Waals surface area contributed by atoms with Gasteiger partial charge in [-0.3, -0.25) is 4.79 Å². The summed E-state index contributed by atoms with van der Waals surface area (Å²) in [6.45, 7) is 2.26. The van der Waals surface area contributed by atoms with E-state index in [2.05, 4.69) is 15.7 Å². The van der Waals surface area contributed by atoms with Crippen LogP contribution in [0.15, 0.2) is 36.5 Å². The zero-order valence-electron chi connectivity index (χ0n) is 14.3. The minimum Gasteiger partial charge on any atom is -0.378 e. The minimum absolute atomic E-state index is 0. The third-order valence-electron chi connectivity index (χ3n) is 4.00. The third kappa shape index (κ3) is 5.95. The fraction of sp³-hybridized carbons (Fsp3) is 0.412. The van der Waals surface area contributed by atoms with Gasteiger partial charge in [0.2, 0.25) is 5.91 Å². The summed E-state index contributed by atoms with van der Waals surface area (Å²) in [7, 11) is 0. The Bertz CT molecular complexity index is 743. The number of amides is 1. The van der Waals surface area contributed by atoms with Crippen LogP contribution >= 0.6 is 12.4 Å². The second-order valence-corrected chi connectivity index (χ2v) is 6.02. The molecule has 2 N–H and O–H groups in total. The Kier molecular flexibility index (Phi) is 7.23. The molecule has 1 unspecified atom stereocenters. The smallest absolute Gasteiger partial charge is 0.378 e. The fourth-order valence-corrected chi connectivity index (χ4v) is 2.63. The molecule has 1 aromatic heterocycles. The number of hydrogen-bond acceptors (Lipinski definition) is 4. The molecule has 0 aliphatic carbocycles. The summed E-state index contributed by atoms with van der Waals surface area (Å²) in [5.74, 6) is -0.0843. The number of carbonyl (C=O) groups is 1. The van der Waals surface area contributed by atoms with E-state index < -0.39 is 11.9 Å². The molecule has 1 aliphatic heterocycles. The van der Waals surface area contributed by atoms with Gasteiger partial charge < -0.3 is 15.4 Å². The van der Waals surface area contributed by atoms with Crippen molar-refractivity contribution < 1.29 is 22.7 Å². The summed E-state index contributed by atoms with van der Waals surface area (Å²) in [4.78, 5) is 11.9. The van der Waals surface area contributed by atoms with Gasteiger partial charge in [-0.2, -0.15) is 18.3 Å². The average molecular weight is 405 g/mol. The molecule has 10 heteroatoms. The van der Waals surface area contributed by atoms with E-state index in [4.69, 9.17) is 4.74 Å². The van der Waals surface area contributed by atoms with Crippen LogP contribution in [0.3, 0.4) is 0 Å². The molecule has 2 aromatic rings. The van der Waals surface area contributed by atoms with E-state index in [-0.39, 0.29) is 24.4 Å². The molecular weight excluding hydrogens is 385 g/mol. The van der Waals surface area contributed by atoms with Crippen molar-refractivity contribution in [3.05, 3.63) is 47.8 Å². The van der Waals surface area contributed by atoms with Crippen LogP contribution in [0.1, 0.15) is 17.7 Å². The Labute approximate surface area is 160 Å². The molecule has 1 aromatic carbocycles. The van der Waals surface area contributed by atoms with Gasteiger partial charge in [0, 0.05) is 31.7 Å². The maximum Gasteiger partial charge on any atom is 0.435 e. The van der Waals surface area contributed by atoms with E-state index in [0.717, 1.165) is 18.2 Å². The van der Waals surface area contributed by atoms with E-state index in [9.17, 15) is 18.0 Å². The van der Waals surface area contributed by atoms with E-state index in [1.807, 2.05) is 0 Å². The highest BCUT2D eigenvalue weighted by Gasteiger charge is 2.33. The number of halogens is 4. The molecule has 6 nitrogen and oxygen atoms in total. The van der Waals surface area contributed by atoms with Gasteiger partial charge in [0.05, 0.1) is 18.9 Å². The SMILES string of the molecule is Cl.O=C(CC1COCCN1)NCc1ccc(-n2ccc(C(F)(F)F)n2)cc1. The highest BCUT2D eigenvalue weighted by Crippen LogP contribution is 2.27. The monoisotopic (exact) mass is 404 g/mol. The molecule has 1 fully saturated rings. The number of rotatable bonds is 5. The van der Waals surface area contributed by atoms with Crippen molar-refractivity contribution in [2.45, 2.75) is 25.2 Å². The lowest BCUT2D eigenvalue weighted by Crippen LogP contribution is -2.44. The van der Waals surface area contributed by atoms with Gasteiger partial charge in [0.15, 0.2) is 5.69 Å². The Hall–Kier alpha value is -2.10. The van der Waals surface area contributed by atoms with Gasteiger partial charge in [0.1, 0.15) is 0 Å². The average Bonchev–Trinajstić information content (AvgIpc) is 3.12. The molecule has 0 spiro atoms. The standard InChI is InChI=1S/C17H19F3N4O2.ClH/c18-17(19,20)15-5-7-24(23-15)14-3-1-12(2-4-14)10-22-16(25)9-13-11-26-8-6-21-13;/h1-5,7,13,21H,6,8-11H2,(H,22,25);1H. The van der Waals surface area contributed by atoms with Crippen LogP contribution in [0.4, 0.5) is 13.2 Å². The Morgan fingerprint density at radius 1 is 1.30 bits per heavy atom. The van der Waals surface area contributed by atoms with Crippen LogP contribution in [0, 0.1) is 0 Å². The lowest BCUT2D eigenvalue weighted by molar-refractivity contribution is -0.141. The maximum absolute atomic E-state index is 12.6. The molecule has 2 heterocycles. The number of nitrogens with one attached hydrogen (secondary N) is 2. The Balaban J connectivity index is 0.00000261. The molecule has 3 rings (SSSR count). The van der Waals surface area contributed by atoms with Gasteiger partial charge >= 0.3 is 6.18 Å². The van der Waals surface area contributed by atoms with Crippen LogP contribution in [0.5, 0.6) is 0 Å². The normalized spacial score (nSPS) is 17.2. The number of carbonyl (C=O) groups excluding carboxylic acids is 1. The third-order valence-corrected chi connectivity index (χ3v) is 4.00. The van der Waals surface area contributed by atoms with Crippen LogP contribution in [0.2, 0.25) is 0 Å². The van der Waals surface area contributed by atoms with Gasteiger partial charge in [-0.25, -0.2) is 4.68 Å². The van der Waals surface area contributed by atoms with Crippen molar-refractivity contribution >= 4 is 18.3 Å². The predicted molar refractivity (Wildman–Crippen MR) is 94.9 cm³/mol. The van der Waals surface area contributed by atoms with Crippen molar-refractivity contribution in [1.82, 2.24) is 20.4 Å². The molecule has 148 valence electrons. The van der Waals surface area contributed by atoms with Crippen LogP contribution in [0.25, 0.3) is 5.69 Å². The summed E-state index contributed by atoms with van der Waals surface area (Å²) in [6.07, 6.45) is -2.86. The molecule has 1 amide bonds. The molecule has 0 saturated carbocycles. The van der Waals surface area contributed by atoms with E-state index in [0.29, 0.717) is 31.9 Å². The van der Waals surface area contributed by atoms with Gasteiger partial charge in [-0.1, -0.05) is 12.1 Å². The van der Waals surface area contributed by atoms with Gasteiger partial charge in [0.25, 0.3) is 0 Å². The summed E-state index contributed by atoms with van der Waals surface area (Å²) >= 11 is 0. The number of ether oxygens (including phenoxy) is 1. The van der Waals surface area contributed by atoms with Crippen molar-refractivity contribution in [3.8, 4) is 5.69 Å². The highest BCUT2D eigenvalue weighted by atomic mass is 35.5. The summed E-state index contributed by atoms with van der Waals surface area (Å²) in [6, 6.07) is 7.75. The predicted octanol–water partition coefficient (Wildman–Crippen LogP) is 2.31. The second kappa shape index (κ2) is 9.20. The first-order chi connectivity index (χ1) is 12.4. The fourth-order valence-electron chi connectivity index (χ4n) is 2.63. The molecule has 1 aliphatic rings. The highest BCUT2D eigenvalue weighted by molar-refractivity contribution is 5.85. The van der Waals surface area contributed by atoms with Crippen molar-refractivity contribution in [2.75, 3.05) is 19.8 Å². The number of morpholine rings is 1. The van der Waals surface area contributed by atoms with E-state index in [1.165, 1.54) is 10.9 Å². The zero-order valence-corrected chi connectivity index (χ0v) is 15.1. The summed E-state index contributed by atoms with van der Waals surface area (Å²) < 4.78 is 44.3. The van der Waals surface area contributed by atoms with Crippen LogP contribution < -0.4 is 10.6 Å². The molecule has 0 bridgehead atoms.